The van der Waals surface area contributed by atoms with E-state index in [9.17, 15) is 14.7 Å². The summed E-state index contributed by atoms with van der Waals surface area (Å²) in [7, 11) is 0. The fourth-order valence-corrected chi connectivity index (χ4v) is 2.50. The van der Waals surface area contributed by atoms with Gasteiger partial charge in [-0.25, -0.2) is 0 Å². The molecule has 2 N–H and O–H groups in total. The average molecular weight is 312 g/mol. The van der Waals surface area contributed by atoms with Crippen molar-refractivity contribution in [3.8, 4) is 0 Å². The molecule has 0 aliphatic rings. The second-order valence-electron chi connectivity index (χ2n) is 5.20. The number of aliphatic carboxylic acids is 1. The number of benzene rings is 1. The van der Waals surface area contributed by atoms with E-state index in [1.54, 1.807) is 19.9 Å². The van der Waals surface area contributed by atoms with Crippen LogP contribution in [0.4, 0.5) is 0 Å². The molecule has 0 saturated carbocycles. The summed E-state index contributed by atoms with van der Waals surface area (Å²) in [6, 6.07) is 7.46. The van der Waals surface area contributed by atoms with E-state index < -0.39 is 11.4 Å². The van der Waals surface area contributed by atoms with Crippen molar-refractivity contribution in [2.24, 2.45) is 5.41 Å². The van der Waals surface area contributed by atoms with Crippen LogP contribution in [0.3, 0.4) is 0 Å². The van der Waals surface area contributed by atoms with E-state index in [0.717, 1.165) is 5.56 Å². The maximum absolute atomic E-state index is 11.9. The van der Waals surface area contributed by atoms with Crippen LogP contribution < -0.4 is 5.32 Å². The van der Waals surface area contributed by atoms with Gasteiger partial charge in [0.05, 0.1) is 5.41 Å². The highest BCUT2D eigenvalue weighted by atomic mass is 35.5. The lowest BCUT2D eigenvalue weighted by atomic mass is 9.79. The van der Waals surface area contributed by atoms with E-state index >= 15 is 0 Å². The van der Waals surface area contributed by atoms with Gasteiger partial charge < -0.3 is 10.4 Å². The van der Waals surface area contributed by atoms with Crippen molar-refractivity contribution in [3.63, 3.8) is 0 Å². The molecule has 0 aliphatic carbocycles. The van der Waals surface area contributed by atoms with Gasteiger partial charge in [-0.1, -0.05) is 37.6 Å². The Labute approximate surface area is 130 Å². The number of carbonyl (C=O) groups excluding carboxylic acids is 1. The Morgan fingerprint density at radius 2 is 1.95 bits per heavy atom. The first-order valence-corrected chi connectivity index (χ1v) is 7.56. The molecule has 0 atom stereocenters. The van der Waals surface area contributed by atoms with Gasteiger partial charge in [-0.15, -0.1) is 0 Å². The summed E-state index contributed by atoms with van der Waals surface area (Å²) in [6.07, 6.45) is 1.58. The molecule has 4 nitrogen and oxygen atoms in total. The van der Waals surface area contributed by atoms with Crippen molar-refractivity contribution in [2.45, 2.75) is 39.5 Å². The number of hydrogen-bond donors (Lipinski definition) is 2. The summed E-state index contributed by atoms with van der Waals surface area (Å²) < 4.78 is 0. The third kappa shape index (κ3) is 5.05. The molecule has 1 amide bonds. The Hall–Kier alpha value is -1.55. The number of rotatable bonds is 8. The lowest BCUT2D eigenvalue weighted by Gasteiger charge is -2.25. The van der Waals surface area contributed by atoms with Crippen LogP contribution in [-0.2, 0) is 16.0 Å². The van der Waals surface area contributed by atoms with Crippen molar-refractivity contribution < 1.29 is 14.7 Å². The highest BCUT2D eigenvalue weighted by Crippen LogP contribution is 2.30. The molecule has 0 bridgehead atoms. The molecule has 0 radical (unpaired) electrons. The smallest absolute Gasteiger partial charge is 0.310 e. The molecule has 5 heteroatoms. The van der Waals surface area contributed by atoms with Crippen LogP contribution in [0.5, 0.6) is 0 Å². The number of halogens is 1. The molecule has 0 aromatic heterocycles. The zero-order chi connectivity index (χ0) is 15.9. The largest absolute Gasteiger partial charge is 0.481 e. The van der Waals surface area contributed by atoms with Gasteiger partial charge in [0.2, 0.25) is 5.91 Å². The molecular weight excluding hydrogens is 290 g/mol. The summed E-state index contributed by atoms with van der Waals surface area (Å²) in [6.45, 7) is 4.08. The minimum atomic E-state index is -0.958. The third-order valence-corrected chi connectivity index (χ3v) is 4.17. The van der Waals surface area contributed by atoms with Gasteiger partial charge in [-0.2, -0.15) is 0 Å². The van der Waals surface area contributed by atoms with Crippen molar-refractivity contribution in [1.82, 2.24) is 5.32 Å². The van der Waals surface area contributed by atoms with Crippen LogP contribution in [0.1, 0.15) is 38.7 Å². The van der Waals surface area contributed by atoms with Gasteiger partial charge >= 0.3 is 5.97 Å². The highest BCUT2D eigenvalue weighted by Gasteiger charge is 2.36. The summed E-state index contributed by atoms with van der Waals surface area (Å²) >= 11 is 5.89. The zero-order valence-electron chi connectivity index (χ0n) is 12.5. The molecule has 1 aromatic rings. The average Bonchev–Trinajstić information content (AvgIpc) is 2.44. The van der Waals surface area contributed by atoms with Gasteiger partial charge in [-0.05, 0) is 37.0 Å². The topological polar surface area (TPSA) is 66.4 Å². The van der Waals surface area contributed by atoms with Crippen LogP contribution in [0, 0.1) is 5.41 Å². The molecule has 1 aromatic carbocycles. The van der Waals surface area contributed by atoms with Crippen molar-refractivity contribution in [3.05, 3.63) is 34.9 Å². The number of nitrogens with one attached hydrogen (secondary N) is 1. The summed E-state index contributed by atoms with van der Waals surface area (Å²) in [5.41, 5.74) is 0.0819. The standard InChI is InChI=1S/C16H22ClNO3/c1-3-16(4-2,15(20)21)11-14(19)18-9-8-12-6-5-7-13(17)10-12/h5-7,10H,3-4,8-9,11H2,1-2H3,(H,18,19)(H,20,21). The molecular formula is C16H22ClNO3. The molecule has 0 unspecified atom stereocenters. The van der Waals surface area contributed by atoms with E-state index in [1.807, 2.05) is 18.2 Å². The van der Waals surface area contributed by atoms with Gasteiger partial charge in [0.25, 0.3) is 0 Å². The molecule has 0 spiro atoms. The van der Waals surface area contributed by atoms with E-state index in [0.29, 0.717) is 30.8 Å². The zero-order valence-corrected chi connectivity index (χ0v) is 13.2. The summed E-state index contributed by atoms with van der Waals surface area (Å²) in [5, 5.41) is 12.8. The van der Waals surface area contributed by atoms with E-state index in [-0.39, 0.29) is 12.3 Å². The predicted molar refractivity (Wildman–Crippen MR) is 83.4 cm³/mol. The Bertz CT molecular complexity index is 498. The molecule has 0 aliphatic heterocycles. The van der Waals surface area contributed by atoms with E-state index in [4.69, 9.17) is 11.6 Å². The Morgan fingerprint density at radius 3 is 2.48 bits per heavy atom. The Balaban J connectivity index is 2.48. The molecule has 116 valence electrons. The van der Waals surface area contributed by atoms with E-state index in [1.165, 1.54) is 0 Å². The number of amides is 1. The summed E-state index contributed by atoms with van der Waals surface area (Å²) in [5.74, 6) is -1.12. The van der Waals surface area contributed by atoms with Gasteiger partial charge in [0.1, 0.15) is 0 Å². The summed E-state index contributed by atoms with van der Waals surface area (Å²) in [4.78, 5) is 23.3. The van der Waals surface area contributed by atoms with Crippen molar-refractivity contribution >= 4 is 23.5 Å². The van der Waals surface area contributed by atoms with Crippen LogP contribution >= 0.6 is 11.6 Å². The van der Waals surface area contributed by atoms with Gasteiger partial charge in [0.15, 0.2) is 0 Å². The van der Waals surface area contributed by atoms with Crippen LogP contribution in [0.25, 0.3) is 0 Å². The fraction of sp³-hybridized carbons (Fsp3) is 0.500. The first-order chi connectivity index (χ1) is 9.93. The Kier molecular flexibility index (Phi) is 6.69. The SMILES string of the molecule is CCC(CC)(CC(=O)NCCc1cccc(Cl)c1)C(=O)O. The number of carbonyl (C=O) groups is 2. The first-order valence-electron chi connectivity index (χ1n) is 7.18. The quantitative estimate of drug-likeness (QED) is 0.774. The molecule has 21 heavy (non-hydrogen) atoms. The Morgan fingerprint density at radius 1 is 1.29 bits per heavy atom. The minimum absolute atomic E-state index is 0.0187. The first kappa shape index (κ1) is 17.5. The molecule has 0 saturated heterocycles. The minimum Gasteiger partial charge on any atom is -0.481 e. The molecule has 0 heterocycles. The van der Waals surface area contributed by atoms with Crippen LogP contribution in [0.2, 0.25) is 5.02 Å². The maximum Gasteiger partial charge on any atom is 0.310 e. The van der Waals surface area contributed by atoms with Gasteiger partial charge in [-0.3, -0.25) is 9.59 Å². The molecule has 1 rings (SSSR count). The van der Waals surface area contributed by atoms with E-state index in [2.05, 4.69) is 5.32 Å². The second-order valence-corrected chi connectivity index (χ2v) is 5.64. The van der Waals surface area contributed by atoms with Crippen molar-refractivity contribution in [2.75, 3.05) is 6.54 Å². The van der Waals surface area contributed by atoms with Gasteiger partial charge in [0, 0.05) is 18.0 Å². The number of hydrogen-bond acceptors (Lipinski definition) is 2. The van der Waals surface area contributed by atoms with Crippen LogP contribution in [-0.4, -0.2) is 23.5 Å². The number of carboxylic acids is 1. The lowest BCUT2D eigenvalue weighted by Crippen LogP contribution is -2.37. The second kappa shape index (κ2) is 8.03. The highest BCUT2D eigenvalue weighted by molar-refractivity contribution is 6.30. The van der Waals surface area contributed by atoms with Crippen molar-refractivity contribution in [1.29, 1.82) is 0 Å². The number of carboxylic acid groups (broad SMARTS) is 1. The molecule has 0 fully saturated rings. The normalized spacial score (nSPS) is 11.2. The monoisotopic (exact) mass is 311 g/mol. The lowest BCUT2D eigenvalue weighted by molar-refractivity contribution is -0.152. The third-order valence-electron chi connectivity index (χ3n) is 3.93. The van der Waals surface area contributed by atoms with Crippen LogP contribution in [0.15, 0.2) is 24.3 Å². The predicted octanol–water partition coefficient (Wildman–Crippen LogP) is 3.28. The fourth-order valence-electron chi connectivity index (χ4n) is 2.29. The maximum atomic E-state index is 11.9.